The third kappa shape index (κ3) is 3.23. The molecule has 0 aromatic rings. The van der Waals surface area contributed by atoms with E-state index in [4.69, 9.17) is 0 Å². The van der Waals surface area contributed by atoms with Crippen LogP contribution in [-0.4, -0.2) is 5.78 Å². The monoisotopic (exact) mass is 138 g/mol. The fourth-order valence-electron chi connectivity index (χ4n) is 0.449. The second-order valence-corrected chi connectivity index (χ2v) is 2.49. The molecule has 0 radical (unpaired) electrons. The first kappa shape index (κ1) is 9.15. The van der Waals surface area contributed by atoms with E-state index in [2.05, 4.69) is 6.58 Å². The van der Waals surface area contributed by atoms with Gasteiger partial charge in [-0.05, 0) is 31.9 Å². The van der Waals surface area contributed by atoms with Crippen molar-refractivity contribution in [2.24, 2.45) is 0 Å². The number of hydrogen-bond donors (Lipinski definition) is 0. The van der Waals surface area contributed by atoms with Gasteiger partial charge in [0.25, 0.3) is 0 Å². The minimum Gasteiger partial charge on any atom is -0.290 e. The molecule has 0 aliphatic carbocycles. The van der Waals surface area contributed by atoms with E-state index in [-0.39, 0.29) is 5.78 Å². The van der Waals surface area contributed by atoms with Crippen molar-refractivity contribution < 1.29 is 4.79 Å². The molecule has 1 heteroatoms. The second-order valence-electron chi connectivity index (χ2n) is 2.49. The normalized spacial score (nSPS) is 11.3. The summed E-state index contributed by atoms with van der Waals surface area (Å²) in [4.78, 5) is 10.9. The molecule has 0 N–H and O–H groups in total. The molecule has 0 unspecified atom stereocenters. The van der Waals surface area contributed by atoms with Gasteiger partial charge in [-0.1, -0.05) is 19.1 Å². The lowest BCUT2D eigenvalue weighted by atomic mass is 10.1. The number of carbonyl (C=O) groups is 1. The molecule has 1 nitrogen and oxygen atoms in total. The lowest BCUT2D eigenvalue weighted by molar-refractivity contribution is -0.111. The molecule has 0 amide bonds. The first-order valence-electron chi connectivity index (χ1n) is 3.45. The molecule has 0 saturated carbocycles. The zero-order valence-corrected chi connectivity index (χ0v) is 6.90. The Morgan fingerprint density at radius 3 is 2.30 bits per heavy atom. The summed E-state index contributed by atoms with van der Waals surface area (Å²) in [6.45, 7) is 9.24. The fraction of sp³-hybridized carbons (Fsp3) is 0.444. The smallest absolute Gasteiger partial charge is 0.180 e. The molecular formula is C9H14O. The van der Waals surface area contributed by atoms with Crippen LogP contribution >= 0.6 is 0 Å². The summed E-state index contributed by atoms with van der Waals surface area (Å²) < 4.78 is 0. The quantitative estimate of drug-likeness (QED) is 0.547. The van der Waals surface area contributed by atoms with Gasteiger partial charge in [-0.2, -0.15) is 0 Å². The van der Waals surface area contributed by atoms with Gasteiger partial charge < -0.3 is 0 Å². The maximum atomic E-state index is 10.9. The minimum absolute atomic E-state index is 0.0411. The Hall–Kier alpha value is -0.850. The largest absolute Gasteiger partial charge is 0.290 e. The molecular weight excluding hydrogens is 124 g/mol. The van der Waals surface area contributed by atoms with Crippen molar-refractivity contribution in [1.82, 2.24) is 0 Å². The van der Waals surface area contributed by atoms with E-state index in [0.717, 1.165) is 12.0 Å². The van der Waals surface area contributed by atoms with Crippen molar-refractivity contribution in [3.63, 3.8) is 0 Å². The Kier molecular flexibility index (Phi) is 3.70. The summed E-state index contributed by atoms with van der Waals surface area (Å²) in [6.07, 6.45) is 2.57. The molecule has 10 heavy (non-hydrogen) atoms. The maximum absolute atomic E-state index is 10.9. The van der Waals surface area contributed by atoms with Gasteiger partial charge in [-0.15, -0.1) is 0 Å². The van der Waals surface area contributed by atoms with Crippen LogP contribution in [0.25, 0.3) is 0 Å². The second kappa shape index (κ2) is 4.04. The molecule has 0 rings (SSSR count). The van der Waals surface area contributed by atoms with E-state index in [9.17, 15) is 4.79 Å². The Morgan fingerprint density at radius 2 is 2.00 bits per heavy atom. The van der Waals surface area contributed by atoms with E-state index >= 15 is 0 Å². The van der Waals surface area contributed by atoms with E-state index in [1.165, 1.54) is 0 Å². The van der Waals surface area contributed by atoms with Crippen molar-refractivity contribution in [2.45, 2.75) is 27.2 Å². The van der Waals surface area contributed by atoms with Gasteiger partial charge in [-0.25, -0.2) is 0 Å². The lowest BCUT2D eigenvalue weighted by Gasteiger charge is -1.93. The van der Waals surface area contributed by atoms with Gasteiger partial charge in [0.05, 0.1) is 0 Å². The van der Waals surface area contributed by atoms with Crippen LogP contribution in [0.4, 0.5) is 0 Å². The lowest BCUT2D eigenvalue weighted by Crippen LogP contribution is -1.93. The molecule has 0 heterocycles. The van der Waals surface area contributed by atoms with Gasteiger partial charge in [0.2, 0.25) is 0 Å². The summed E-state index contributed by atoms with van der Waals surface area (Å²) in [5.41, 5.74) is 1.71. The predicted molar refractivity (Wildman–Crippen MR) is 43.9 cm³/mol. The van der Waals surface area contributed by atoms with Crippen LogP contribution in [0, 0.1) is 0 Å². The summed E-state index contributed by atoms with van der Waals surface area (Å²) in [6, 6.07) is 0. The van der Waals surface area contributed by atoms with Gasteiger partial charge >= 0.3 is 0 Å². The highest BCUT2D eigenvalue weighted by Gasteiger charge is 1.96. The highest BCUT2D eigenvalue weighted by molar-refractivity contribution is 6.03. The van der Waals surface area contributed by atoms with Crippen molar-refractivity contribution in [1.29, 1.82) is 0 Å². The molecule has 0 saturated heterocycles. The SMILES string of the molecule is C=C(C)C(=O)/C=C(\C)CC. The average Bonchev–Trinajstić information content (AvgIpc) is 1.87. The summed E-state index contributed by atoms with van der Waals surface area (Å²) in [5.74, 6) is 0.0411. The third-order valence-corrected chi connectivity index (χ3v) is 1.36. The molecule has 0 aromatic carbocycles. The number of allylic oxidation sites excluding steroid dienone is 3. The number of hydrogen-bond acceptors (Lipinski definition) is 1. The molecule has 0 atom stereocenters. The van der Waals surface area contributed by atoms with E-state index in [0.29, 0.717) is 5.57 Å². The molecule has 0 aromatic heterocycles. The van der Waals surface area contributed by atoms with Crippen LogP contribution in [0.1, 0.15) is 27.2 Å². The van der Waals surface area contributed by atoms with Crippen molar-refractivity contribution in [3.05, 3.63) is 23.8 Å². The maximum Gasteiger partial charge on any atom is 0.180 e. The molecule has 0 spiro atoms. The molecule has 0 aliphatic rings. The topological polar surface area (TPSA) is 17.1 Å². The van der Waals surface area contributed by atoms with Crippen molar-refractivity contribution in [3.8, 4) is 0 Å². The van der Waals surface area contributed by atoms with Gasteiger partial charge in [-0.3, -0.25) is 4.79 Å². The Bertz CT molecular complexity index is 175. The minimum atomic E-state index is 0.0411. The van der Waals surface area contributed by atoms with E-state index in [1.807, 2.05) is 13.8 Å². The molecule has 0 aliphatic heterocycles. The fourth-order valence-corrected chi connectivity index (χ4v) is 0.449. The van der Waals surface area contributed by atoms with Crippen LogP contribution in [-0.2, 0) is 4.79 Å². The number of ketones is 1. The molecule has 0 fully saturated rings. The van der Waals surface area contributed by atoms with Crippen LogP contribution in [0.3, 0.4) is 0 Å². The van der Waals surface area contributed by atoms with Crippen LogP contribution in [0.5, 0.6) is 0 Å². The van der Waals surface area contributed by atoms with Gasteiger partial charge in [0.1, 0.15) is 0 Å². The first-order chi connectivity index (χ1) is 4.57. The van der Waals surface area contributed by atoms with Crippen LogP contribution < -0.4 is 0 Å². The summed E-state index contributed by atoms with van der Waals surface area (Å²) >= 11 is 0. The highest BCUT2D eigenvalue weighted by atomic mass is 16.1. The summed E-state index contributed by atoms with van der Waals surface area (Å²) in [7, 11) is 0. The zero-order chi connectivity index (χ0) is 8.15. The Balaban J connectivity index is 4.13. The highest BCUT2D eigenvalue weighted by Crippen LogP contribution is 2.00. The first-order valence-corrected chi connectivity index (χ1v) is 3.45. The van der Waals surface area contributed by atoms with Crippen LogP contribution in [0.15, 0.2) is 23.8 Å². The molecule has 56 valence electrons. The Morgan fingerprint density at radius 1 is 1.50 bits per heavy atom. The number of rotatable bonds is 3. The molecule has 0 bridgehead atoms. The summed E-state index contributed by atoms with van der Waals surface area (Å²) in [5, 5.41) is 0. The van der Waals surface area contributed by atoms with E-state index in [1.54, 1.807) is 13.0 Å². The average molecular weight is 138 g/mol. The Labute approximate surface area is 62.4 Å². The zero-order valence-electron chi connectivity index (χ0n) is 6.90. The van der Waals surface area contributed by atoms with Gasteiger partial charge in [0, 0.05) is 0 Å². The number of carbonyl (C=O) groups excluding carboxylic acids is 1. The van der Waals surface area contributed by atoms with Crippen molar-refractivity contribution in [2.75, 3.05) is 0 Å². The van der Waals surface area contributed by atoms with Gasteiger partial charge in [0.15, 0.2) is 5.78 Å². The standard InChI is InChI=1S/C9H14O/c1-5-8(4)6-9(10)7(2)3/h6H,2,5H2,1,3-4H3/b8-6+. The third-order valence-electron chi connectivity index (χ3n) is 1.36. The van der Waals surface area contributed by atoms with Crippen molar-refractivity contribution >= 4 is 5.78 Å². The van der Waals surface area contributed by atoms with Crippen LogP contribution in [0.2, 0.25) is 0 Å². The van der Waals surface area contributed by atoms with E-state index < -0.39 is 0 Å². The predicted octanol–water partition coefficient (Wildman–Crippen LogP) is 2.49.